The van der Waals surface area contributed by atoms with Crippen molar-refractivity contribution in [3.8, 4) is 5.75 Å². The molecule has 0 aromatic heterocycles. The Morgan fingerprint density at radius 2 is 2.00 bits per heavy atom. The van der Waals surface area contributed by atoms with Crippen molar-refractivity contribution in [2.75, 3.05) is 5.73 Å². The molecule has 94 valence electrons. The van der Waals surface area contributed by atoms with Crippen LogP contribution in [0, 0.1) is 0 Å². The highest BCUT2D eigenvalue weighted by molar-refractivity contribution is 6.31. The van der Waals surface area contributed by atoms with Crippen LogP contribution in [0.3, 0.4) is 0 Å². The van der Waals surface area contributed by atoms with Crippen LogP contribution in [0.15, 0.2) is 12.1 Å². The first-order valence-corrected chi connectivity index (χ1v) is 5.06. The number of aliphatic hydroxyl groups is 2. The fraction of sp³-hybridized carbons (Fsp3) is 0.300. The van der Waals surface area contributed by atoms with E-state index in [1.165, 1.54) is 12.1 Å². The van der Waals surface area contributed by atoms with E-state index in [2.05, 4.69) is 0 Å². The van der Waals surface area contributed by atoms with Gasteiger partial charge in [0.15, 0.2) is 0 Å². The summed E-state index contributed by atoms with van der Waals surface area (Å²) in [6.45, 7) is 0. The molecule has 0 aliphatic carbocycles. The number of carbonyl (C=O) groups is 1. The molecule has 6 N–H and O–H groups in total. The maximum absolute atomic E-state index is 10.4. The highest BCUT2D eigenvalue weighted by Gasteiger charge is 2.24. The Hall–Kier alpha value is -1.50. The first kappa shape index (κ1) is 13.6. The van der Waals surface area contributed by atoms with E-state index in [9.17, 15) is 20.1 Å². The number of anilines is 1. The normalized spacial score (nSPS) is 14.3. The molecule has 1 rings (SSSR count). The van der Waals surface area contributed by atoms with Gasteiger partial charge in [-0.3, -0.25) is 4.79 Å². The van der Waals surface area contributed by atoms with Crippen molar-refractivity contribution in [1.29, 1.82) is 0 Å². The van der Waals surface area contributed by atoms with Crippen LogP contribution in [0.5, 0.6) is 5.75 Å². The van der Waals surface area contributed by atoms with Crippen molar-refractivity contribution in [2.24, 2.45) is 0 Å². The van der Waals surface area contributed by atoms with Gasteiger partial charge in [-0.15, -0.1) is 0 Å². The topological polar surface area (TPSA) is 124 Å². The number of hydrogen-bond donors (Lipinski definition) is 5. The second-order valence-corrected chi connectivity index (χ2v) is 3.98. The molecule has 17 heavy (non-hydrogen) atoms. The molecule has 7 heteroatoms. The predicted octanol–water partition coefficient (Wildman–Crippen LogP) is 0.497. The van der Waals surface area contributed by atoms with Gasteiger partial charge in [-0.05, 0) is 12.1 Å². The average molecular weight is 262 g/mol. The summed E-state index contributed by atoms with van der Waals surface area (Å²) in [5.41, 5.74) is 5.25. The third kappa shape index (κ3) is 3.23. The zero-order valence-electron chi connectivity index (χ0n) is 8.67. The number of halogens is 1. The largest absolute Gasteiger partial charge is 0.505 e. The van der Waals surface area contributed by atoms with Crippen LogP contribution in [0.1, 0.15) is 18.1 Å². The zero-order valence-corrected chi connectivity index (χ0v) is 9.42. The van der Waals surface area contributed by atoms with Crippen LogP contribution >= 0.6 is 11.6 Å². The second kappa shape index (κ2) is 5.22. The highest BCUT2D eigenvalue weighted by Crippen LogP contribution is 2.35. The third-order valence-corrected chi connectivity index (χ3v) is 2.42. The average Bonchev–Trinajstić information content (AvgIpc) is 2.21. The van der Waals surface area contributed by atoms with Crippen molar-refractivity contribution < 1.29 is 25.2 Å². The minimum Gasteiger partial charge on any atom is -0.505 e. The number of nitrogen functional groups attached to an aromatic ring is 1. The predicted molar refractivity (Wildman–Crippen MR) is 60.7 cm³/mol. The molecular weight excluding hydrogens is 250 g/mol. The molecular formula is C10H12ClNO5. The lowest BCUT2D eigenvalue weighted by Crippen LogP contribution is -2.22. The number of benzene rings is 1. The Morgan fingerprint density at radius 3 is 2.53 bits per heavy atom. The first-order chi connectivity index (χ1) is 7.82. The van der Waals surface area contributed by atoms with Gasteiger partial charge in [-0.1, -0.05) is 11.6 Å². The summed E-state index contributed by atoms with van der Waals surface area (Å²) < 4.78 is 0. The molecule has 1 aromatic carbocycles. The quantitative estimate of drug-likeness (QED) is 0.397. The van der Waals surface area contributed by atoms with Crippen LogP contribution in [0.4, 0.5) is 5.69 Å². The minimum atomic E-state index is -1.58. The Labute approximate surface area is 102 Å². The molecule has 0 bridgehead atoms. The van der Waals surface area contributed by atoms with Crippen LogP contribution in [-0.4, -0.2) is 32.5 Å². The van der Waals surface area contributed by atoms with E-state index in [-0.39, 0.29) is 16.3 Å². The molecule has 0 aliphatic rings. The van der Waals surface area contributed by atoms with Gasteiger partial charge in [0.25, 0.3) is 0 Å². The molecule has 0 spiro atoms. The molecule has 1 aromatic rings. The summed E-state index contributed by atoms with van der Waals surface area (Å²) in [5.74, 6) is -1.70. The van der Waals surface area contributed by atoms with Crippen molar-refractivity contribution >= 4 is 23.3 Å². The fourth-order valence-corrected chi connectivity index (χ4v) is 1.60. The fourth-order valence-electron chi connectivity index (χ4n) is 1.37. The van der Waals surface area contributed by atoms with E-state index >= 15 is 0 Å². The number of carboxylic acid groups (broad SMARTS) is 1. The van der Waals surface area contributed by atoms with Crippen LogP contribution in [0.25, 0.3) is 0 Å². The van der Waals surface area contributed by atoms with E-state index in [1.54, 1.807) is 0 Å². The van der Waals surface area contributed by atoms with Gasteiger partial charge in [-0.2, -0.15) is 0 Å². The minimum absolute atomic E-state index is 0.0610. The van der Waals surface area contributed by atoms with Gasteiger partial charge < -0.3 is 26.2 Å². The van der Waals surface area contributed by atoms with Gasteiger partial charge >= 0.3 is 5.97 Å². The number of rotatable bonds is 4. The maximum atomic E-state index is 10.4. The Morgan fingerprint density at radius 1 is 1.41 bits per heavy atom. The highest BCUT2D eigenvalue weighted by atomic mass is 35.5. The number of aliphatic hydroxyl groups excluding tert-OH is 2. The molecule has 0 fully saturated rings. The smallest absolute Gasteiger partial charge is 0.306 e. The lowest BCUT2D eigenvalue weighted by molar-refractivity contribution is -0.141. The SMILES string of the molecule is Nc1cc(Cl)cc(C(O)C(O)CC(=O)O)c1O. The lowest BCUT2D eigenvalue weighted by atomic mass is 10.0. The van der Waals surface area contributed by atoms with E-state index in [1.807, 2.05) is 0 Å². The second-order valence-electron chi connectivity index (χ2n) is 3.54. The molecule has 0 radical (unpaired) electrons. The molecule has 0 aliphatic heterocycles. The first-order valence-electron chi connectivity index (χ1n) is 4.68. The number of phenolic OH excluding ortho intramolecular Hbond substituents is 1. The van der Waals surface area contributed by atoms with E-state index in [0.29, 0.717) is 0 Å². The maximum Gasteiger partial charge on any atom is 0.306 e. The van der Waals surface area contributed by atoms with Gasteiger partial charge in [0, 0.05) is 10.6 Å². The molecule has 0 amide bonds. The lowest BCUT2D eigenvalue weighted by Gasteiger charge is -2.18. The van der Waals surface area contributed by atoms with E-state index in [4.69, 9.17) is 22.4 Å². The number of carboxylic acids is 1. The summed E-state index contributed by atoms with van der Waals surface area (Å²) in [7, 11) is 0. The van der Waals surface area contributed by atoms with Crippen LogP contribution < -0.4 is 5.73 Å². The zero-order chi connectivity index (χ0) is 13.2. The standard InChI is InChI=1S/C10H12ClNO5/c11-4-1-5(9(16)6(12)2-4)10(17)7(13)3-8(14)15/h1-2,7,10,13,16-17H,3,12H2,(H,14,15). The Balaban J connectivity index is 3.03. The molecule has 0 saturated carbocycles. The summed E-state index contributed by atoms with van der Waals surface area (Å²) in [6.07, 6.45) is -3.80. The van der Waals surface area contributed by atoms with Gasteiger partial charge in [-0.25, -0.2) is 0 Å². The number of nitrogens with two attached hydrogens (primary N) is 1. The van der Waals surface area contributed by atoms with Crippen molar-refractivity contribution in [3.05, 3.63) is 22.7 Å². The number of hydrogen-bond acceptors (Lipinski definition) is 5. The number of aliphatic carboxylic acids is 1. The van der Waals surface area contributed by atoms with Crippen molar-refractivity contribution in [3.63, 3.8) is 0 Å². The van der Waals surface area contributed by atoms with E-state index in [0.717, 1.165) is 0 Å². The summed E-state index contributed by atoms with van der Waals surface area (Å²) in [5, 5.41) is 37.3. The number of phenols is 1. The Bertz CT molecular complexity index is 437. The monoisotopic (exact) mass is 261 g/mol. The summed E-state index contributed by atoms with van der Waals surface area (Å²) in [6, 6.07) is 2.49. The van der Waals surface area contributed by atoms with Gasteiger partial charge in [0.05, 0.1) is 18.2 Å². The number of aromatic hydroxyl groups is 1. The molecule has 0 heterocycles. The van der Waals surface area contributed by atoms with Crippen LogP contribution in [-0.2, 0) is 4.79 Å². The molecule has 6 nitrogen and oxygen atoms in total. The van der Waals surface area contributed by atoms with Crippen molar-refractivity contribution in [1.82, 2.24) is 0 Å². The van der Waals surface area contributed by atoms with Gasteiger partial charge in [0.1, 0.15) is 11.9 Å². The molecule has 0 saturated heterocycles. The summed E-state index contributed by atoms with van der Waals surface area (Å²) in [4.78, 5) is 10.4. The summed E-state index contributed by atoms with van der Waals surface area (Å²) >= 11 is 5.68. The molecule has 2 unspecified atom stereocenters. The molecule has 2 atom stereocenters. The Kier molecular flexibility index (Phi) is 4.17. The van der Waals surface area contributed by atoms with Crippen LogP contribution in [0.2, 0.25) is 5.02 Å². The van der Waals surface area contributed by atoms with Crippen molar-refractivity contribution in [2.45, 2.75) is 18.6 Å². The third-order valence-electron chi connectivity index (χ3n) is 2.20. The van der Waals surface area contributed by atoms with Gasteiger partial charge in [0.2, 0.25) is 0 Å². The van der Waals surface area contributed by atoms with E-state index < -0.39 is 30.3 Å².